The van der Waals surface area contributed by atoms with Gasteiger partial charge in [-0.25, -0.2) is 0 Å². The number of thioether (sulfide) groups is 1. The molecule has 62 valence electrons. The lowest BCUT2D eigenvalue weighted by Crippen LogP contribution is -2.32. The summed E-state index contributed by atoms with van der Waals surface area (Å²) >= 11 is 1.50. The summed E-state index contributed by atoms with van der Waals surface area (Å²) in [5.41, 5.74) is 5.53. The van der Waals surface area contributed by atoms with Crippen LogP contribution in [0, 0.1) is 0 Å². The molecule has 0 aromatic rings. The van der Waals surface area contributed by atoms with E-state index in [1.54, 1.807) is 0 Å². The van der Waals surface area contributed by atoms with Crippen molar-refractivity contribution in [1.82, 2.24) is 0 Å². The van der Waals surface area contributed by atoms with Gasteiger partial charge in [0.1, 0.15) is 0 Å². The zero-order valence-electron chi connectivity index (χ0n) is 6.16. The van der Waals surface area contributed by atoms with Gasteiger partial charge in [0.15, 0.2) is 0 Å². The Morgan fingerprint density at radius 1 is 1.50 bits per heavy atom. The molecule has 0 bridgehead atoms. The quantitative estimate of drug-likeness (QED) is 0.510. The molecular formula is C6H15NO2S. The van der Waals surface area contributed by atoms with E-state index in [1.807, 2.05) is 6.92 Å². The summed E-state index contributed by atoms with van der Waals surface area (Å²) in [6, 6.07) is -0.0125. The Bertz CT molecular complexity index is 80.1. The zero-order chi connectivity index (χ0) is 7.98. The normalized spacial score (nSPS) is 16.8. The number of nitrogens with two attached hydrogens (primary N) is 1. The number of hydrogen-bond donors (Lipinski definition) is 3. The Morgan fingerprint density at radius 3 is 2.40 bits per heavy atom. The van der Waals surface area contributed by atoms with Gasteiger partial charge >= 0.3 is 0 Å². The fourth-order valence-corrected chi connectivity index (χ4v) is 1.39. The number of aliphatic hydroxyl groups excluding tert-OH is 2. The fourth-order valence-electron chi connectivity index (χ4n) is 0.575. The monoisotopic (exact) mass is 165 g/mol. The van der Waals surface area contributed by atoms with Crippen molar-refractivity contribution < 1.29 is 10.2 Å². The Hall–Kier alpha value is 0.230. The molecule has 0 aliphatic carbocycles. The molecule has 0 saturated heterocycles. The Morgan fingerprint density at radius 2 is 2.10 bits per heavy atom. The molecule has 10 heavy (non-hydrogen) atoms. The van der Waals surface area contributed by atoms with Crippen LogP contribution in [0.5, 0.6) is 0 Å². The van der Waals surface area contributed by atoms with Gasteiger partial charge in [0.25, 0.3) is 0 Å². The van der Waals surface area contributed by atoms with Crippen molar-refractivity contribution in [2.75, 3.05) is 19.0 Å². The minimum Gasteiger partial charge on any atom is -0.396 e. The number of rotatable bonds is 5. The standard InChI is InChI=1S/C6H15NO2S/c1-5(7)6(4-9)10-3-2-8/h5-6,8-9H,2-4,7H2,1H3. The van der Waals surface area contributed by atoms with E-state index in [0.29, 0.717) is 5.75 Å². The van der Waals surface area contributed by atoms with E-state index in [9.17, 15) is 0 Å². The van der Waals surface area contributed by atoms with E-state index in [-0.39, 0.29) is 24.5 Å². The number of hydrogen-bond acceptors (Lipinski definition) is 4. The average Bonchev–Trinajstić information content (AvgIpc) is 1.89. The van der Waals surface area contributed by atoms with Crippen molar-refractivity contribution in [1.29, 1.82) is 0 Å². The minimum absolute atomic E-state index is 0.0125. The zero-order valence-corrected chi connectivity index (χ0v) is 6.97. The van der Waals surface area contributed by atoms with E-state index in [1.165, 1.54) is 11.8 Å². The smallest absolute Gasteiger partial charge is 0.0564 e. The molecule has 0 aromatic carbocycles. The molecule has 0 fully saturated rings. The van der Waals surface area contributed by atoms with Crippen LogP contribution in [-0.2, 0) is 0 Å². The van der Waals surface area contributed by atoms with E-state index >= 15 is 0 Å². The van der Waals surface area contributed by atoms with Gasteiger partial charge in [-0.05, 0) is 6.92 Å². The van der Waals surface area contributed by atoms with Crippen molar-refractivity contribution in [3.8, 4) is 0 Å². The molecule has 0 saturated carbocycles. The molecule has 4 N–H and O–H groups in total. The third-order valence-corrected chi connectivity index (χ3v) is 2.61. The van der Waals surface area contributed by atoms with Crippen LogP contribution in [0.2, 0.25) is 0 Å². The molecule has 4 heteroatoms. The fraction of sp³-hybridized carbons (Fsp3) is 1.00. The maximum atomic E-state index is 8.74. The van der Waals surface area contributed by atoms with Gasteiger partial charge in [-0.1, -0.05) is 0 Å². The molecule has 0 heterocycles. The maximum Gasteiger partial charge on any atom is 0.0564 e. The van der Waals surface area contributed by atoms with Gasteiger partial charge in [0.2, 0.25) is 0 Å². The van der Waals surface area contributed by atoms with Crippen molar-refractivity contribution in [2.24, 2.45) is 5.73 Å². The summed E-state index contributed by atoms with van der Waals surface area (Å²) in [6.45, 7) is 2.08. The molecule has 0 aliphatic rings. The summed E-state index contributed by atoms with van der Waals surface area (Å²) in [5, 5.41) is 17.3. The molecule has 0 spiro atoms. The second-order valence-electron chi connectivity index (χ2n) is 2.17. The number of aliphatic hydroxyl groups is 2. The summed E-state index contributed by atoms with van der Waals surface area (Å²) in [5.74, 6) is 0.646. The Kier molecular flexibility index (Phi) is 6.11. The molecule has 0 aromatic heterocycles. The van der Waals surface area contributed by atoms with Gasteiger partial charge in [-0.15, -0.1) is 0 Å². The minimum atomic E-state index is -0.0125. The average molecular weight is 165 g/mol. The summed E-state index contributed by atoms with van der Waals surface area (Å²) in [4.78, 5) is 0. The third kappa shape index (κ3) is 4.11. The molecule has 2 unspecified atom stereocenters. The van der Waals surface area contributed by atoms with Gasteiger partial charge in [0, 0.05) is 17.0 Å². The van der Waals surface area contributed by atoms with Crippen LogP contribution in [0.3, 0.4) is 0 Å². The largest absolute Gasteiger partial charge is 0.396 e. The van der Waals surface area contributed by atoms with Crippen molar-refractivity contribution in [2.45, 2.75) is 18.2 Å². The van der Waals surface area contributed by atoms with E-state index < -0.39 is 0 Å². The lowest BCUT2D eigenvalue weighted by molar-refractivity contribution is 0.284. The SMILES string of the molecule is CC(N)C(CO)SCCO. The van der Waals surface area contributed by atoms with Crippen LogP contribution in [0.1, 0.15) is 6.92 Å². The molecule has 3 nitrogen and oxygen atoms in total. The highest BCUT2D eigenvalue weighted by Crippen LogP contribution is 2.11. The first kappa shape index (κ1) is 10.2. The van der Waals surface area contributed by atoms with Crippen LogP contribution in [0.25, 0.3) is 0 Å². The van der Waals surface area contributed by atoms with Crippen molar-refractivity contribution in [3.05, 3.63) is 0 Å². The molecule has 0 radical (unpaired) electrons. The van der Waals surface area contributed by atoms with Gasteiger partial charge in [0.05, 0.1) is 13.2 Å². The second-order valence-corrected chi connectivity index (χ2v) is 3.52. The third-order valence-electron chi connectivity index (χ3n) is 1.19. The van der Waals surface area contributed by atoms with E-state index in [0.717, 1.165) is 0 Å². The van der Waals surface area contributed by atoms with Crippen LogP contribution in [0.15, 0.2) is 0 Å². The van der Waals surface area contributed by atoms with E-state index in [4.69, 9.17) is 15.9 Å². The Balaban J connectivity index is 3.40. The van der Waals surface area contributed by atoms with Gasteiger partial charge in [-0.2, -0.15) is 11.8 Å². The highest BCUT2D eigenvalue weighted by atomic mass is 32.2. The molecule has 0 rings (SSSR count). The predicted octanol–water partition coefficient (Wildman–Crippen LogP) is -0.580. The second kappa shape index (κ2) is 5.97. The molecular weight excluding hydrogens is 150 g/mol. The predicted molar refractivity (Wildman–Crippen MR) is 44.1 cm³/mol. The maximum absolute atomic E-state index is 8.74. The molecule has 0 amide bonds. The lowest BCUT2D eigenvalue weighted by atomic mass is 10.3. The molecule has 2 atom stereocenters. The summed E-state index contributed by atoms with van der Waals surface area (Å²) < 4.78 is 0. The van der Waals surface area contributed by atoms with Gasteiger partial charge < -0.3 is 15.9 Å². The van der Waals surface area contributed by atoms with Crippen LogP contribution in [-0.4, -0.2) is 40.5 Å². The highest BCUT2D eigenvalue weighted by Gasteiger charge is 2.11. The summed E-state index contributed by atoms with van der Waals surface area (Å²) in [6.07, 6.45) is 0. The van der Waals surface area contributed by atoms with Crippen LogP contribution >= 0.6 is 11.8 Å². The Labute approximate surface area is 65.6 Å². The van der Waals surface area contributed by atoms with Gasteiger partial charge in [-0.3, -0.25) is 0 Å². The van der Waals surface area contributed by atoms with Crippen molar-refractivity contribution >= 4 is 11.8 Å². The summed E-state index contributed by atoms with van der Waals surface area (Å²) in [7, 11) is 0. The highest BCUT2D eigenvalue weighted by molar-refractivity contribution is 8.00. The van der Waals surface area contributed by atoms with Crippen molar-refractivity contribution in [3.63, 3.8) is 0 Å². The first-order valence-corrected chi connectivity index (χ1v) is 4.36. The molecule has 0 aliphatic heterocycles. The first-order valence-electron chi connectivity index (χ1n) is 3.31. The van der Waals surface area contributed by atoms with E-state index in [2.05, 4.69) is 0 Å². The van der Waals surface area contributed by atoms with Crippen LogP contribution in [0.4, 0.5) is 0 Å². The topological polar surface area (TPSA) is 66.5 Å². The first-order chi connectivity index (χ1) is 4.72. The van der Waals surface area contributed by atoms with Crippen LogP contribution < -0.4 is 5.73 Å². The lowest BCUT2D eigenvalue weighted by Gasteiger charge is -2.16.